The Morgan fingerprint density at radius 1 is 1.04 bits per heavy atom. The van der Waals surface area contributed by atoms with Crippen molar-refractivity contribution in [1.29, 1.82) is 0 Å². The van der Waals surface area contributed by atoms with Gasteiger partial charge in [-0.05, 0) is 15.4 Å². The van der Waals surface area contributed by atoms with Crippen LogP contribution in [-0.4, -0.2) is 27.2 Å². The van der Waals surface area contributed by atoms with Crippen molar-refractivity contribution in [2.75, 3.05) is 6.61 Å². The largest absolute Gasteiger partial charge is 0.513 e. The van der Waals surface area contributed by atoms with E-state index < -0.39 is 14.5 Å². The second-order valence-electron chi connectivity index (χ2n) is 8.14. The van der Waals surface area contributed by atoms with E-state index in [4.69, 9.17) is 13.9 Å². The van der Waals surface area contributed by atoms with Crippen molar-refractivity contribution >= 4 is 24.8 Å². The third-order valence-electron chi connectivity index (χ3n) is 5.12. The summed E-state index contributed by atoms with van der Waals surface area (Å²) in [6.45, 7) is 11.0. The average Bonchev–Trinajstić information content (AvgIpc) is 2.65. The van der Waals surface area contributed by atoms with Gasteiger partial charge in [0.25, 0.3) is 8.32 Å². The van der Waals surface area contributed by atoms with E-state index in [-0.39, 0.29) is 11.1 Å². The maximum Gasteiger partial charge on any atom is 0.513 e. The molecule has 5 heteroatoms. The number of cyclic esters (lactones) is 2. The number of carbonyl (C=O) groups is 1. The monoisotopic (exact) mass is 396 g/mol. The zero-order chi connectivity index (χ0) is 20.2. The van der Waals surface area contributed by atoms with Crippen LogP contribution < -0.4 is 10.4 Å². The van der Waals surface area contributed by atoms with Gasteiger partial charge in [-0.15, -0.1) is 0 Å². The first-order chi connectivity index (χ1) is 13.3. The summed E-state index contributed by atoms with van der Waals surface area (Å²) in [5, 5.41) is 2.40. The van der Waals surface area contributed by atoms with E-state index in [0.717, 1.165) is 0 Å². The van der Waals surface area contributed by atoms with Crippen molar-refractivity contribution in [1.82, 2.24) is 0 Å². The number of rotatable bonds is 6. The van der Waals surface area contributed by atoms with Crippen molar-refractivity contribution in [3.63, 3.8) is 0 Å². The summed E-state index contributed by atoms with van der Waals surface area (Å²) in [6, 6.07) is 21.0. The van der Waals surface area contributed by atoms with Gasteiger partial charge in [0.15, 0.2) is 0 Å². The Hall–Kier alpha value is -2.37. The van der Waals surface area contributed by atoms with Crippen LogP contribution in [0.1, 0.15) is 33.6 Å². The highest BCUT2D eigenvalue weighted by molar-refractivity contribution is 6.99. The molecule has 0 aromatic heterocycles. The maximum absolute atomic E-state index is 11.5. The molecule has 4 nitrogen and oxygen atoms in total. The summed E-state index contributed by atoms with van der Waals surface area (Å²) < 4.78 is 17.0. The van der Waals surface area contributed by atoms with Gasteiger partial charge in [-0.25, -0.2) is 4.79 Å². The highest BCUT2D eigenvalue weighted by Crippen LogP contribution is 2.37. The molecule has 0 radical (unpaired) electrons. The van der Waals surface area contributed by atoms with E-state index in [1.54, 1.807) is 0 Å². The molecule has 1 aliphatic rings. The Kier molecular flexibility index (Phi) is 6.06. The van der Waals surface area contributed by atoms with Crippen molar-refractivity contribution < 1.29 is 18.7 Å². The molecule has 28 heavy (non-hydrogen) atoms. The van der Waals surface area contributed by atoms with Crippen LogP contribution in [0.15, 0.2) is 73.0 Å². The zero-order valence-corrected chi connectivity index (χ0v) is 17.8. The number of carbonyl (C=O) groups excluding carboxylic acids is 1. The number of hydrogen-bond acceptors (Lipinski definition) is 4. The first-order valence-corrected chi connectivity index (χ1v) is 11.5. The lowest BCUT2D eigenvalue weighted by Gasteiger charge is -2.43. The minimum Gasteiger partial charge on any atom is -0.430 e. The lowest BCUT2D eigenvalue weighted by Crippen LogP contribution is -2.66. The summed E-state index contributed by atoms with van der Waals surface area (Å²) in [6.07, 6.45) is 0.188. The molecule has 2 aromatic carbocycles. The minimum atomic E-state index is -2.56. The quantitative estimate of drug-likeness (QED) is 0.536. The van der Waals surface area contributed by atoms with Gasteiger partial charge in [0, 0.05) is 19.4 Å². The molecule has 1 aliphatic heterocycles. The van der Waals surface area contributed by atoms with Crippen LogP contribution in [0.25, 0.3) is 0 Å². The van der Waals surface area contributed by atoms with E-state index >= 15 is 0 Å². The fourth-order valence-corrected chi connectivity index (χ4v) is 8.46. The molecule has 3 rings (SSSR count). The summed E-state index contributed by atoms with van der Waals surface area (Å²) in [4.78, 5) is 11.5. The molecule has 148 valence electrons. The smallest absolute Gasteiger partial charge is 0.430 e. The zero-order valence-electron chi connectivity index (χ0n) is 16.8. The Labute approximate surface area is 168 Å². The van der Waals surface area contributed by atoms with Gasteiger partial charge in [0.1, 0.15) is 11.9 Å². The number of benzene rings is 2. The molecule has 1 heterocycles. The van der Waals surface area contributed by atoms with Gasteiger partial charge < -0.3 is 13.9 Å². The molecule has 0 bridgehead atoms. The molecule has 0 amide bonds. The summed E-state index contributed by atoms with van der Waals surface area (Å²) >= 11 is 0. The Bertz CT molecular complexity index is 756. The van der Waals surface area contributed by atoms with E-state index in [1.807, 2.05) is 12.1 Å². The first-order valence-electron chi connectivity index (χ1n) is 9.64. The fraction of sp³-hybridized carbons (Fsp3) is 0.348. The molecule has 0 spiro atoms. The highest BCUT2D eigenvalue weighted by atomic mass is 28.4. The van der Waals surface area contributed by atoms with E-state index in [0.29, 0.717) is 25.2 Å². The summed E-state index contributed by atoms with van der Waals surface area (Å²) in [5.74, 6) is 0.451. The van der Waals surface area contributed by atoms with Gasteiger partial charge in [-0.2, -0.15) is 0 Å². The van der Waals surface area contributed by atoms with Crippen LogP contribution in [0.4, 0.5) is 4.79 Å². The number of ether oxygens (including phenoxy) is 2. The summed E-state index contributed by atoms with van der Waals surface area (Å²) in [5.41, 5.74) is 0. The second kappa shape index (κ2) is 8.33. The molecule has 1 atom stereocenters. The molecule has 0 saturated carbocycles. The van der Waals surface area contributed by atoms with Crippen LogP contribution >= 0.6 is 0 Å². The normalized spacial score (nSPS) is 17.8. The third kappa shape index (κ3) is 4.21. The van der Waals surface area contributed by atoms with Gasteiger partial charge in [0.2, 0.25) is 0 Å². The number of hydrogen-bond donors (Lipinski definition) is 0. The molecule has 1 saturated heterocycles. The van der Waals surface area contributed by atoms with Crippen LogP contribution in [0.3, 0.4) is 0 Å². The maximum atomic E-state index is 11.5. The van der Waals surface area contributed by atoms with Gasteiger partial charge in [-0.1, -0.05) is 88.0 Å². The van der Waals surface area contributed by atoms with Crippen LogP contribution in [0, 0.1) is 0 Å². The van der Waals surface area contributed by atoms with Crippen molar-refractivity contribution in [2.45, 2.75) is 44.8 Å². The second-order valence-corrected chi connectivity index (χ2v) is 12.4. The van der Waals surface area contributed by atoms with E-state index in [1.165, 1.54) is 10.4 Å². The molecule has 0 N–H and O–H groups in total. The molecule has 1 fully saturated rings. The lowest BCUT2D eigenvalue weighted by molar-refractivity contribution is -0.00168. The van der Waals surface area contributed by atoms with Crippen LogP contribution in [-0.2, 0) is 13.9 Å². The molecule has 0 aliphatic carbocycles. The van der Waals surface area contributed by atoms with E-state index in [2.05, 4.69) is 75.9 Å². The Morgan fingerprint density at radius 2 is 1.57 bits per heavy atom. The van der Waals surface area contributed by atoms with Gasteiger partial charge >= 0.3 is 6.16 Å². The predicted octanol–water partition coefficient (Wildman–Crippen LogP) is 4.39. The minimum absolute atomic E-state index is 0.0777. The first kappa shape index (κ1) is 20.4. The third-order valence-corrected chi connectivity index (χ3v) is 10.2. The molecular weight excluding hydrogens is 368 g/mol. The average molecular weight is 397 g/mol. The molecular formula is C23H28O4Si. The van der Waals surface area contributed by atoms with Crippen LogP contribution in [0.5, 0.6) is 0 Å². The molecule has 2 aromatic rings. The fourth-order valence-electron chi connectivity index (χ4n) is 3.88. The molecule has 1 unspecified atom stereocenters. The Balaban J connectivity index is 1.90. The summed E-state index contributed by atoms with van der Waals surface area (Å²) in [7, 11) is -2.56. The predicted molar refractivity (Wildman–Crippen MR) is 113 cm³/mol. The van der Waals surface area contributed by atoms with Crippen molar-refractivity contribution in [3.8, 4) is 0 Å². The van der Waals surface area contributed by atoms with E-state index in [9.17, 15) is 4.79 Å². The SMILES string of the molecule is C=C1CC(CCO[Si](c2ccccc2)(c2ccccc2)C(C)(C)C)OC(=O)O1. The van der Waals surface area contributed by atoms with Gasteiger partial charge in [-0.3, -0.25) is 0 Å². The highest BCUT2D eigenvalue weighted by Gasteiger charge is 2.50. The van der Waals surface area contributed by atoms with Crippen molar-refractivity contribution in [3.05, 3.63) is 73.0 Å². The Morgan fingerprint density at radius 3 is 2.04 bits per heavy atom. The van der Waals surface area contributed by atoms with Crippen LogP contribution in [0.2, 0.25) is 5.04 Å². The standard InChI is InChI=1S/C23H28O4Si/c1-18-17-19(27-22(24)26-18)15-16-25-28(23(2,3)4,20-11-7-5-8-12-20)21-13-9-6-10-14-21/h5-14,19H,1,15-17H2,2-4H3. The topological polar surface area (TPSA) is 44.8 Å². The lowest BCUT2D eigenvalue weighted by atomic mass is 10.1. The van der Waals surface area contributed by atoms with Crippen molar-refractivity contribution in [2.24, 2.45) is 0 Å². The van der Waals surface area contributed by atoms with Gasteiger partial charge in [0.05, 0.1) is 0 Å².